The number of hydrogen-bond acceptors (Lipinski definition) is 5. The van der Waals surface area contributed by atoms with Crippen molar-refractivity contribution in [2.75, 3.05) is 18.8 Å². The molecule has 0 aromatic heterocycles. The zero-order valence-electron chi connectivity index (χ0n) is 15.2. The summed E-state index contributed by atoms with van der Waals surface area (Å²) < 4.78 is 0. The number of carbonyl (C=O) groups is 3. The van der Waals surface area contributed by atoms with Gasteiger partial charge < -0.3 is 5.32 Å². The summed E-state index contributed by atoms with van der Waals surface area (Å²) in [5.41, 5.74) is 2.79. The SMILES string of the molecule is N#Cc1ccccc1CSCCNC(=O)CN1C(=O)Cc2ccccc2C1=O. The molecule has 28 heavy (non-hydrogen) atoms. The van der Waals surface area contributed by atoms with Gasteiger partial charge in [-0.15, -0.1) is 0 Å². The number of benzene rings is 2. The number of hydrogen-bond donors (Lipinski definition) is 1. The van der Waals surface area contributed by atoms with Crippen molar-refractivity contribution in [2.45, 2.75) is 12.2 Å². The number of thioether (sulfide) groups is 1. The predicted molar refractivity (Wildman–Crippen MR) is 107 cm³/mol. The molecule has 1 N–H and O–H groups in total. The number of imide groups is 1. The van der Waals surface area contributed by atoms with Crippen molar-refractivity contribution in [3.63, 3.8) is 0 Å². The van der Waals surface area contributed by atoms with Gasteiger partial charge >= 0.3 is 0 Å². The van der Waals surface area contributed by atoms with E-state index in [0.29, 0.717) is 34.7 Å². The molecule has 2 aromatic rings. The van der Waals surface area contributed by atoms with Crippen LogP contribution in [0.2, 0.25) is 0 Å². The quantitative estimate of drug-likeness (QED) is 0.575. The van der Waals surface area contributed by atoms with Gasteiger partial charge in [-0.2, -0.15) is 17.0 Å². The van der Waals surface area contributed by atoms with Crippen molar-refractivity contribution in [1.82, 2.24) is 10.2 Å². The molecule has 0 fully saturated rings. The minimum atomic E-state index is -0.426. The Bertz CT molecular complexity index is 952. The van der Waals surface area contributed by atoms with Gasteiger partial charge in [0, 0.05) is 23.6 Å². The molecule has 0 aliphatic carbocycles. The summed E-state index contributed by atoms with van der Waals surface area (Å²) in [4.78, 5) is 37.8. The van der Waals surface area contributed by atoms with Crippen LogP contribution in [-0.2, 0) is 21.8 Å². The Labute approximate surface area is 167 Å². The Morgan fingerprint density at radius 1 is 1.14 bits per heavy atom. The van der Waals surface area contributed by atoms with E-state index in [1.807, 2.05) is 18.2 Å². The van der Waals surface area contributed by atoms with Gasteiger partial charge in [0.25, 0.3) is 5.91 Å². The lowest BCUT2D eigenvalue weighted by Gasteiger charge is -2.26. The fourth-order valence-corrected chi connectivity index (χ4v) is 3.82. The number of rotatable bonds is 7. The molecule has 6 nitrogen and oxygen atoms in total. The predicted octanol–water partition coefficient (Wildman–Crippen LogP) is 2.13. The highest BCUT2D eigenvalue weighted by molar-refractivity contribution is 7.98. The average Bonchev–Trinajstić information content (AvgIpc) is 2.71. The van der Waals surface area contributed by atoms with Crippen LogP contribution in [0.4, 0.5) is 0 Å². The number of nitrogens with zero attached hydrogens (tertiary/aromatic N) is 2. The molecule has 3 rings (SSSR count). The maximum Gasteiger partial charge on any atom is 0.261 e. The summed E-state index contributed by atoms with van der Waals surface area (Å²) in [7, 11) is 0. The van der Waals surface area contributed by atoms with Gasteiger partial charge in [0.1, 0.15) is 6.54 Å². The lowest BCUT2D eigenvalue weighted by Crippen LogP contribution is -2.47. The largest absolute Gasteiger partial charge is 0.354 e. The molecule has 2 aromatic carbocycles. The second-order valence-electron chi connectivity index (χ2n) is 6.29. The second-order valence-corrected chi connectivity index (χ2v) is 7.40. The van der Waals surface area contributed by atoms with Crippen molar-refractivity contribution in [3.05, 3.63) is 70.8 Å². The van der Waals surface area contributed by atoms with Crippen LogP contribution in [0.15, 0.2) is 48.5 Å². The summed E-state index contributed by atoms with van der Waals surface area (Å²) in [5.74, 6) is 0.195. The summed E-state index contributed by atoms with van der Waals surface area (Å²) in [6.45, 7) is 0.152. The van der Waals surface area contributed by atoms with Crippen molar-refractivity contribution in [2.24, 2.45) is 0 Å². The van der Waals surface area contributed by atoms with Crippen molar-refractivity contribution in [3.8, 4) is 6.07 Å². The number of amides is 3. The maximum absolute atomic E-state index is 12.5. The number of carbonyl (C=O) groups excluding carboxylic acids is 3. The monoisotopic (exact) mass is 393 g/mol. The number of nitriles is 1. The Hall–Kier alpha value is -3.11. The van der Waals surface area contributed by atoms with Gasteiger partial charge in [0.15, 0.2) is 0 Å². The molecule has 0 saturated carbocycles. The van der Waals surface area contributed by atoms with E-state index in [1.54, 1.807) is 42.1 Å². The minimum absolute atomic E-state index is 0.128. The molecule has 0 radical (unpaired) electrons. The minimum Gasteiger partial charge on any atom is -0.354 e. The first-order chi connectivity index (χ1) is 13.6. The van der Waals surface area contributed by atoms with Crippen LogP contribution in [0, 0.1) is 11.3 Å². The van der Waals surface area contributed by atoms with Gasteiger partial charge in [-0.3, -0.25) is 19.3 Å². The van der Waals surface area contributed by atoms with E-state index in [1.165, 1.54) is 0 Å². The molecular formula is C21H19N3O3S. The van der Waals surface area contributed by atoms with E-state index in [-0.39, 0.29) is 24.8 Å². The van der Waals surface area contributed by atoms with E-state index >= 15 is 0 Å². The van der Waals surface area contributed by atoms with Gasteiger partial charge in [-0.25, -0.2) is 0 Å². The third kappa shape index (κ3) is 4.59. The normalized spacial score (nSPS) is 13.0. The fourth-order valence-electron chi connectivity index (χ4n) is 2.96. The fraction of sp³-hybridized carbons (Fsp3) is 0.238. The Morgan fingerprint density at radius 3 is 2.71 bits per heavy atom. The maximum atomic E-state index is 12.5. The highest BCUT2D eigenvalue weighted by Crippen LogP contribution is 2.19. The summed E-state index contributed by atoms with van der Waals surface area (Å²) in [6, 6.07) is 16.5. The molecule has 1 aliphatic rings. The first-order valence-electron chi connectivity index (χ1n) is 8.85. The van der Waals surface area contributed by atoms with Crippen LogP contribution in [0.5, 0.6) is 0 Å². The highest BCUT2D eigenvalue weighted by atomic mass is 32.2. The smallest absolute Gasteiger partial charge is 0.261 e. The van der Waals surface area contributed by atoms with E-state index in [0.717, 1.165) is 10.5 Å². The number of nitrogens with one attached hydrogen (secondary N) is 1. The molecule has 142 valence electrons. The van der Waals surface area contributed by atoms with Gasteiger partial charge in [-0.1, -0.05) is 36.4 Å². The van der Waals surface area contributed by atoms with Crippen molar-refractivity contribution in [1.29, 1.82) is 5.26 Å². The number of fused-ring (bicyclic) bond motifs is 1. The molecule has 1 aliphatic heterocycles. The molecule has 0 spiro atoms. The first kappa shape index (κ1) is 19.6. The molecule has 0 atom stereocenters. The topological polar surface area (TPSA) is 90.3 Å². The van der Waals surface area contributed by atoms with Crippen molar-refractivity contribution < 1.29 is 14.4 Å². The van der Waals surface area contributed by atoms with Crippen LogP contribution in [0.1, 0.15) is 27.0 Å². The summed E-state index contributed by atoms with van der Waals surface area (Å²) in [5, 5.41) is 11.8. The van der Waals surface area contributed by atoms with E-state index in [2.05, 4.69) is 11.4 Å². The van der Waals surface area contributed by atoms with Crippen LogP contribution < -0.4 is 5.32 Å². The van der Waals surface area contributed by atoms with Gasteiger partial charge in [0.2, 0.25) is 11.8 Å². The molecule has 3 amide bonds. The van der Waals surface area contributed by atoms with Crippen LogP contribution in [-0.4, -0.2) is 41.5 Å². The first-order valence-corrected chi connectivity index (χ1v) is 10.0. The van der Waals surface area contributed by atoms with Gasteiger partial charge in [-0.05, 0) is 23.3 Å². The van der Waals surface area contributed by atoms with E-state index in [4.69, 9.17) is 5.26 Å². The van der Waals surface area contributed by atoms with Crippen LogP contribution >= 0.6 is 11.8 Å². The zero-order valence-corrected chi connectivity index (χ0v) is 16.0. The molecule has 7 heteroatoms. The molecule has 0 saturated heterocycles. The second kappa shape index (κ2) is 9.20. The van der Waals surface area contributed by atoms with E-state index in [9.17, 15) is 14.4 Å². The standard InChI is InChI=1S/C21H19N3O3S/c22-12-16-6-1-2-7-17(16)14-28-10-9-23-19(25)13-24-20(26)11-15-5-3-4-8-18(15)21(24)27/h1-8H,9-11,13-14H2,(H,23,25). The summed E-state index contributed by atoms with van der Waals surface area (Å²) >= 11 is 1.60. The lowest BCUT2D eigenvalue weighted by atomic mass is 9.98. The lowest BCUT2D eigenvalue weighted by molar-refractivity contribution is -0.133. The van der Waals surface area contributed by atoms with E-state index < -0.39 is 5.91 Å². The Morgan fingerprint density at radius 2 is 1.89 bits per heavy atom. The highest BCUT2D eigenvalue weighted by Gasteiger charge is 2.31. The van der Waals surface area contributed by atoms with Crippen LogP contribution in [0.3, 0.4) is 0 Å². The Balaban J connectivity index is 1.44. The third-order valence-electron chi connectivity index (χ3n) is 4.40. The van der Waals surface area contributed by atoms with Gasteiger partial charge in [0.05, 0.1) is 18.1 Å². The Kier molecular flexibility index (Phi) is 6.45. The molecular weight excluding hydrogens is 374 g/mol. The van der Waals surface area contributed by atoms with Crippen molar-refractivity contribution >= 4 is 29.5 Å². The molecule has 0 bridgehead atoms. The summed E-state index contributed by atoms with van der Waals surface area (Å²) in [6.07, 6.45) is 0.128. The third-order valence-corrected chi connectivity index (χ3v) is 5.41. The molecule has 0 unspecified atom stereocenters. The average molecular weight is 393 g/mol. The molecule has 1 heterocycles. The van der Waals surface area contributed by atoms with Crippen LogP contribution in [0.25, 0.3) is 0 Å². The zero-order chi connectivity index (χ0) is 19.9.